The van der Waals surface area contributed by atoms with Crippen molar-refractivity contribution in [2.45, 2.75) is 47.2 Å². The molecule has 2 rings (SSSR count). The standard InChI is InChI=1S/C21H29ClN4O4/c1-6-25-19(24-17-9-8-15(22)10-16(17)20(25)28)14(5)26(12-13(3)4)21(29)23-11-18(27)30-7-2/h8-10,13-14H,6-7,11-12H2,1-5H3,(H,23,29). The van der Waals surface area contributed by atoms with Crippen LogP contribution in [-0.4, -0.2) is 46.1 Å². The fourth-order valence-corrected chi connectivity index (χ4v) is 3.42. The van der Waals surface area contributed by atoms with Gasteiger partial charge in [-0.1, -0.05) is 25.4 Å². The van der Waals surface area contributed by atoms with Gasteiger partial charge in [0.1, 0.15) is 12.4 Å². The maximum absolute atomic E-state index is 13.0. The van der Waals surface area contributed by atoms with Crippen molar-refractivity contribution in [2.24, 2.45) is 5.92 Å². The highest BCUT2D eigenvalue weighted by atomic mass is 35.5. The summed E-state index contributed by atoms with van der Waals surface area (Å²) in [5.74, 6) is 0.139. The minimum absolute atomic E-state index is 0.168. The maximum Gasteiger partial charge on any atom is 0.325 e. The summed E-state index contributed by atoms with van der Waals surface area (Å²) in [5.41, 5.74) is 0.315. The van der Waals surface area contributed by atoms with E-state index in [1.807, 2.05) is 27.7 Å². The van der Waals surface area contributed by atoms with E-state index in [0.717, 1.165) is 0 Å². The Kier molecular flexibility index (Phi) is 8.23. The number of hydrogen-bond donors (Lipinski definition) is 1. The van der Waals surface area contributed by atoms with Crippen LogP contribution in [-0.2, 0) is 16.1 Å². The van der Waals surface area contributed by atoms with Crippen LogP contribution >= 0.6 is 11.6 Å². The maximum atomic E-state index is 13.0. The van der Waals surface area contributed by atoms with Crippen LogP contribution in [0.1, 0.15) is 46.5 Å². The van der Waals surface area contributed by atoms with E-state index >= 15 is 0 Å². The lowest BCUT2D eigenvalue weighted by atomic mass is 10.1. The number of nitrogens with zero attached hydrogens (tertiary/aromatic N) is 3. The van der Waals surface area contributed by atoms with Crippen molar-refractivity contribution < 1.29 is 14.3 Å². The SMILES string of the molecule is CCOC(=O)CNC(=O)N(CC(C)C)C(C)c1nc2ccc(Cl)cc2c(=O)n1CC. The highest BCUT2D eigenvalue weighted by Gasteiger charge is 2.27. The summed E-state index contributed by atoms with van der Waals surface area (Å²) in [6.07, 6.45) is 0. The number of halogens is 1. The van der Waals surface area contributed by atoms with Gasteiger partial charge in [0.25, 0.3) is 5.56 Å². The van der Waals surface area contributed by atoms with Crippen molar-refractivity contribution in [3.05, 3.63) is 39.4 Å². The van der Waals surface area contributed by atoms with Crippen LogP contribution < -0.4 is 10.9 Å². The van der Waals surface area contributed by atoms with E-state index in [1.165, 1.54) is 0 Å². The Balaban J connectivity index is 2.44. The lowest BCUT2D eigenvalue weighted by molar-refractivity contribution is -0.141. The van der Waals surface area contributed by atoms with Gasteiger partial charge in [-0.25, -0.2) is 9.78 Å². The number of urea groups is 1. The van der Waals surface area contributed by atoms with Gasteiger partial charge < -0.3 is 15.0 Å². The molecule has 0 aliphatic rings. The number of nitrogens with one attached hydrogen (secondary N) is 1. The zero-order valence-corrected chi connectivity index (χ0v) is 18.8. The fourth-order valence-electron chi connectivity index (χ4n) is 3.25. The average molecular weight is 437 g/mol. The molecule has 1 atom stereocenters. The number of rotatable bonds is 8. The third-order valence-electron chi connectivity index (χ3n) is 4.62. The minimum Gasteiger partial charge on any atom is -0.465 e. The minimum atomic E-state index is -0.505. The van der Waals surface area contributed by atoms with Crippen LogP contribution in [0.3, 0.4) is 0 Å². The lowest BCUT2D eigenvalue weighted by Gasteiger charge is -2.31. The van der Waals surface area contributed by atoms with Crippen LogP contribution in [0.2, 0.25) is 5.02 Å². The van der Waals surface area contributed by atoms with Crippen LogP contribution in [0.4, 0.5) is 4.79 Å². The predicted molar refractivity (Wildman–Crippen MR) is 117 cm³/mol. The number of fused-ring (bicyclic) bond motifs is 1. The molecule has 0 aliphatic carbocycles. The molecule has 2 amide bonds. The van der Waals surface area contributed by atoms with Crippen LogP contribution in [0, 0.1) is 5.92 Å². The molecule has 1 aromatic heterocycles. The van der Waals surface area contributed by atoms with Crippen molar-refractivity contribution >= 4 is 34.5 Å². The zero-order chi connectivity index (χ0) is 22.4. The van der Waals surface area contributed by atoms with Crippen molar-refractivity contribution in [3.63, 3.8) is 0 Å². The Morgan fingerprint density at radius 1 is 1.27 bits per heavy atom. The largest absolute Gasteiger partial charge is 0.465 e. The molecule has 30 heavy (non-hydrogen) atoms. The summed E-state index contributed by atoms with van der Waals surface area (Å²) >= 11 is 6.05. The average Bonchev–Trinajstić information content (AvgIpc) is 2.70. The molecule has 8 nitrogen and oxygen atoms in total. The summed E-state index contributed by atoms with van der Waals surface area (Å²) in [6, 6.07) is 4.06. The summed E-state index contributed by atoms with van der Waals surface area (Å²) in [5, 5.41) is 3.50. The van der Waals surface area contributed by atoms with Gasteiger partial charge in [0.2, 0.25) is 0 Å². The molecule has 9 heteroatoms. The van der Waals surface area contributed by atoms with Crippen molar-refractivity contribution in [3.8, 4) is 0 Å². The van der Waals surface area contributed by atoms with Crippen molar-refractivity contribution in [1.82, 2.24) is 19.8 Å². The number of benzene rings is 1. The van der Waals surface area contributed by atoms with Crippen molar-refractivity contribution in [1.29, 1.82) is 0 Å². The third kappa shape index (κ3) is 5.50. The number of ether oxygens (including phenoxy) is 1. The molecular weight excluding hydrogens is 408 g/mol. The number of amides is 2. The second-order valence-electron chi connectivity index (χ2n) is 7.37. The van der Waals surface area contributed by atoms with E-state index in [1.54, 1.807) is 34.6 Å². The molecular formula is C21H29ClN4O4. The second-order valence-corrected chi connectivity index (χ2v) is 7.80. The highest BCUT2D eigenvalue weighted by molar-refractivity contribution is 6.31. The van der Waals surface area contributed by atoms with E-state index in [0.29, 0.717) is 34.8 Å². The normalized spacial score (nSPS) is 12.1. The van der Waals surface area contributed by atoms with Gasteiger partial charge in [-0.2, -0.15) is 0 Å². The first-order chi connectivity index (χ1) is 14.2. The molecule has 164 valence electrons. The Bertz CT molecular complexity index is 973. The van der Waals surface area contributed by atoms with Gasteiger partial charge in [-0.05, 0) is 44.9 Å². The highest BCUT2D eigenvalue weighted by Crippen LogP contribution is 2.22. The number of aromatic nitrogens is 2. The molecule has 1 N–H and O–H groups in total. The van der Waals surface area contributed by atoms with E-state index in [-0.39, 0.29) is 24.6 Å². The second kappa shape index (κ2) is 10.4. The summed E-state index contributed by atoms with van der Waals surface area (Å²) in [7, 11) is 0. The van der Waals surface area contributed by atoms with Crippen LogP contribution in [0.25, 0.3) is 10.9 Å². The fraction of sp³-hybridized carbons (Fsp3) is 0.524. The predicted octanol–water partition coefficient (Wildman–Crippen LogP) is 3.36. The zero-order valence-electron chi connectivity index (χ0n) is 18.1. The van der Waals surface area contributed by atoms with Crippen molar-refractivity contribution in [2.75, 3.05) is 19.7 Å². The van der Waals surface area contributed by atoms with Gasteiger partial charge in [0.05, 0.1) is 23.6 Å². The molecule has 0 saturated heterocycles. The first-order valence-corrected chi connectivity index (χ1v) is 10.5. The summed E-state index contributed by atoms with van der Waals surface area (Å²) < 4.78 is 6.42. The number of esters is 1. The molecule has 1 unspecified atom stereocenters. The first-order valence-electron chi connectivity index (χ1n) is 10.1. The van der Waals surface area contributed by atoms with Crippen LogP contribution in [0.15, 0.2) is 23.0 Å². The van der Waals surface area contributed by atoms with E-state index in [4.69, 9.17) is 16.3 Å². The Hall–Kier alpha value is -2.61. The first kappa shape index (κ1) is 23.7. The number of hydrogen-bond acceptors (Lipinski definition) is 5. The topological polar surface area (TPSA) is 93.5 Å². The molecule has 1 heterocycles. The molecule has 0 radical (unpaired) electrons. The molecule has 0 fully saturated rings. The van der Waals surface area contributed by atoms with Gasteiger partial charge in [0.15, 0.2) is 0 Å². The van der Waals surface area contributed by atoms with Gasteiger partial charge in [-0.15, -0.1) is 0 Å². The van der Waals surface area contributed by atoms with E-state index in [2.05, 4.69) is 10.3 Å². The van der Waals surface area contributed by atoms with E-state index in [9.17, 15) is 14.4 Å². The molecule has 2 aromatic rings. The third-order valence-corrected chi connectivity index (χ3v) is 4.85. The molecule has 1 aromatic carbocycles. The lowest BCUT2D eigenvalue weighted by Crippen LogP contribution is -2.46. The number of carbonyl (C=O) groups is 2. The van der Waals surface area contributed by atoms with E-state index < -0.39 is 18.0 Å². The van der Waals surface area contributed by atoms with Gasteiger partial charge in [-0.3, -0.25) is 14.2 Å². The molecule has 0 bridgehead atoms. The smallest absolute Gasteiger partial charge is 0.325 e. The van der Waals surface area contributed by atoms with Gasteiger partial charge in [0, 0.05) is 18.1 Å². The quantitative estimate of drug-likeness (QED) is 0.640. The monoisotopic (exact) mass is 436 g/mol. The summed E-state index contributed by atoms with van der Waals surface area (Å²) in [4.78, 5) is 43.8. The molecule has 0 saturated carbocycles. The molecule has 0 aliphatic heterocycles. The summed E-state index contributed by atoms with van der Waals surface area (Å²) in [6.45, 7) is 10.2. The number of carbonyl (C=O) groups excluding carboxylic acids is 2. The Morgan fingerprint density at radius 3 is 2.57 bits per heavy atom. The van der Waals surface area contributed by atoms with Crippen LogP contribution in [0.5, 0.6) is 0 Å². The Morgan fingerprint density at radius 2 is 1.97 bits per heavy atom. The Labute approximate surface area is 181 Å². The molecule has 0 spiro atoms. The van der Waals surface area contributed by atoms with Gasteiger partial charge >= 0.3 is 12.0 Å².